The third-order valence-electron chi connectivity index (χ3n) is 6.75. The highest BCUT2D eigenvalue weighted by Crippen LogP contribution is 2.43. The number of hydrogen-bond acceptors (Lipinski definition) is 5. The van der Waals surface area contributed by atoms with E-state index in [1.54, 1.807) is 25.2 Å². The lowest BCUT2D eigenvalue weighted by Gasteiger charge is -2.39. The van der Waals surface area contributed by atoms with Crippen molar-refractivity contribution in [1.82, 2.24) is 10.2 Å². The second kappa shape index (κ2) is 17.6. The minimum Gasteiger partial charge on any atom is -0.386 e. The topological polar surface area (TPSA) is 102 Å². The predicted octanol–water partition coefficient (Wildman–Crippen LogP) is 5.98. The number of carbonyl (C=O) groups excluding carboxylic acids is 1. The van der Waals surface area contributed by atoms with Gasteiger partial charge in [-0.3, -0.25) is 14.9 Å². The van der Waals surface area contributed by atoms with Crippen molar-refractivity contribution in [1.29, 1.82) is 0 Å². The van der Waals surface area contributed by atoms with E-state index in [1.807, 2.05) is 68.8 Å². The van der Waals surface area contributed by atoms with Gasteiger partial charge in [0, 0.05) is 38.1 Å². The van der Waals surface area contributed by atoms with Crippen LogP contribution < -0.4 is 11.1 Å². The van der Waals surface area contributed by atoms with E-state index in [0.717, 1.165) is 18.5 Å². The number of nitro groups is 1. The Kier molecular flexibility index (Phi) is 14.9. The number of hydrogen-bond donors (Lipinski definition) is 2. The molecule has 3 atom stereocenters. The summed E-state index contributed by atoms with van der Waals surface area (Å²) in [4.78, 5) is 26.1. The smallest absolute Gasteiger partial charge is 0.252 e. The second-order valence-electron chi connectivity index (χ2n) is 9.15. The first kappa shape index (κ1) is 32.2. The summed E-state index contributed by atoms with van der Waals surface area (Å²) >= 11 is 0. The van der Waals surface area contributed by atoms with Crippen LogP contribution in [0.3, 0.4) is 0 Å². The third kappa shape index (κ3) is 9.88. The average Bonchev–Trinajstić information content (AvgIpc) is 2.90. The number of primary amides is 1. The lowest BCUT2D eigenvalue weighted by atomic mass is 9.65. The SMILES string of the molecule is C=C/C=C\C=C(/C(C)/C=C/CN/C=C\N(CC)CCC(C(N)=O)(/C(C)=C/C=C\C)C1C=CC=CC1)[N+](=O)[O-]. The zero-order valence-electron chi connectivity index (χ0n) is 23.3. The Morgan fingerprint density at radius 2 is 2.08 bits per heavy atom. The molecule has 1 aliphatic rings. The second-order valence-corrected chi connectivity index (χ2v) is 9.15. The Balaban J connectivity index is 2.86. The Labute approximate surface area is 228 Å². The normalized spacial score (nSPS) is 18.9. The number of rotatable bonds is 17. The highest BCUT2D eigenvalue weighted by atomic mass is 16.6. The number of carbonyl (C=O) groups is 1. The van der Waals surface area contributed by atoms with Crippen molar-refractivity contribution in [3.05, 3.63) is 119 Å². The van der Waals surface area contributed by atoms with Gasteiger partial charge in [0.15, 0.2) is 0 Å². The van der Waals surface area contributed by atoms with E-state index in [9.17, 15) is 14.9 Å². The molecule has 0 bridgehead atoms. The van der Waals surface area contributed by atoms with Gasteiger partial charge >= 0.3 is 0 Å². The molecule has 1 rings (SSSR count). The molecule has 0 aromatic carbocycles. The molecule has 0 aromatic rings. The molecule has 0 spiro atoms. The number of allylic oxidation sites excluding steroid dienone is 12. The summed E-state index contributed by atoms with van der Waals surface area (Å²) in [5, 5.41) is 14.5. The van der Waals surface area contributed by atoms with Crippen LogP contribution in [0.15, 0.2) is 109 Å². The van der Waals surface area contributed by atoms with Crippen LogP contribution >= 0.6 is 0 Å². The monoisotopic (exact) mass is 520 g/mol. The molecular formula is C31H44N4O3. The molecule has 0 radical (unpaired) electrons. The van der Waals surface area contributed by atoms with Gasteiger partial charge in [0.05, 0.1) is 16.3 Å². The lowest BCUT2D eigenvalue weighted by molar-refractivity contribution is -0.431. The van der Waals surface area contributed by atoms with Crippen LogP contribution in [-0.4, -0.2) is 35.4 Å². The van der Waals surface area contributed by atoms with E-state index >= 15 is 0 Å². The zero-order chi connectivity index (χ0) is 28.4. The summed E-state index contributed by atoms with van der Waals surface area (Å²) in [6, 6.07) is 0. The summed E-state index contributed by atoms with van der Waals surface area (Å²) in [6.45, 7) is 13.3. The predicted molar refractivity (Wildman–Crippen MR) is 158 cm³/mol. The van der Waals surface area contributed by atoms with E-state index in [4.69, 9.17) is 5.73 Å². The molecule has 1 amide bonds. The van der Waals surface area contributed by atoms with Crippen LogP contribution in [0, 0.1) is 27.4 Å². The first-order chi connectivity index (χ1) is 18.2. The molecule has 7 nitrogen and oxygen atoms in total. The maximum absolute atomic E-state index is 13.0. The highest BCUT2D eigenvalue weighted by molar-refractivity contribution is 5.85. The van der Waals surface area contributed by atoms with Gasteiger partial charge in [-0.2, -0.15) is 0 Å². The van der Waals surface area contributed by atoms with Gasteiger partial charge in [-0.25, -0.2) is 0 Å². The Morgan fingerprint density at radius 3 is 2.66 bits per heavy atom. The standard InChI is InChI=1S/C31H44N4O3/c1-6-9-12-20-29(35(37)38)26(4)16-15-22-33-23-25-34(8-3)24-21-31(30(32)36,27(5)17-10-7-2)28-18-13-11-14-19-28/h6-7,9-18,20,23,25-26,28,33H,1,8,19,21-22,24H2,2-5H3,(H2,32,36)/b10-7-,12-9-,16-15+,25-23-,27-17+,29-20+. The van der Waals surface area contributed by atoms with Gasteiger partial charge in [0.2, 0.25) is 5.91 Å². The number of nitrogens with one attached hydrogen (secondary N) is 1. The molecule has 0 heterocycles. The van der Waals surface area contributed by atoms with Crippen LogP contribution in [0.1, 0.15) is 40.5 Å². The third-order valence-corrected chi connectivity index (χ3v) is 6.75. The fraction of sp³-hybridized carbons (Fsp3) is 0.387. The molecule has 206 valence electrons. The van der Waals surface area contributed by atoms with Crippen molar-refractivity contribution >= 4 is 5.91 Å². The van der Waals surface area contributed by atoms with Gasteiger partial charge in [0.1, 0.15) is 0 Å². The van der Waals surface area contributed by atoms with Crippen molar-refractivity contribution in [2.45, 2.75) is 40.5 Å². The maximum Gasteiger partial charge on any atom is 0.252 e. The molecule has 0 aliphatic heterocycles. The van der Waals surface area contributed by atoms with Crippen LogP contribution in [0.2, 0.25) is 0 Å². The van der Waals surface area contributed by atoms with Crippen molar-refractivity contribution < 1.29 is 9.72 Å². The molecule has 0 aromatic heterocycles. The Morgan fingerprint density at radius 1 is 1.32 bits per heavy atom. The van der Waals surface area contributed by atoms with E-state index in [2.05, 4.69) is 35.9 Å². The number of nitrogens with zero attached hydrogens (tertiary/aromatic N) is 2. The average molecular weight is 521 g/mol. The first-order valence-corrected chi connectivity index (χ1v) is 13.1. The van der Waals surface area contributed by atoms with E-state index in [1.165, 1.54) is 6.08 Å². The molecular weight excluding hydrogens is 476 g/mol. The quantitative estimate of drug-likeness (QED) is 0.0807. The van der Waals surface area contributed by atoms with Crippen LogP contribution in [0.5, 0.6) is 0 Å². The number of nitrogens with two attached hydrogens (primary N) is 1. The molecule has 0 saturated heterocycles. The lowest BCUT2D eigenvalue weighted by Crippen LogP contribution is -2.46. The Bertz CT molecular complexity index is 1030. The molecule has 0 fully saturated rings. The van der Waals surface area contributed by atoms with Crippen molar-refractivity contribution in [2.24, 2.45) is 23.0 Å². The van der Waals surface area contributed by atoms with Crippen LogP contribution in [0.4, 0.5) is 0 Å². The van der Waals surface area contributed by atoms with Crippen molar-refractivity contribution in [2.75, 3.05) is 19.6 Å². The van der Waals surface area contributed by atoms with Crippen LogP contribution in [-0.2, 0) is 4.79 Å². The van der Waals surface area contributed by atoms with E-state index in [0.29, 0.717) is 19.5 Å². The molecule has 0 saturated carbocycles. The molecule has 38 heavy (non-hydrogen) atoms. The molecule has 1 aliphatic carbocycles. The fourth-order valence-corrected chi connectivity index (χ4v) is 4.45. The molecule has 7 heteroatoms. The van der Waals surface area contributed by atoms with Gasteiger partial charge in [-0.1, -0.05) is 85.1 Å². The highest BCUT2D eigenvalue weighted by Gasteiger charge is 2.44. The largest absolute Gasteiger partial charge is 0.386 e. The summed E-state index contributed by atoms with van der Waals surface area (Å²) < 4.78 is 0. The zero-order valence-corrected chi connectivity index (χ0v) is 23.3. The van der Waals surface area contributed by atoms with E-state index in [-0.39, 0.29) is 28.4 Å². The fourth-order valence-electron chi connectivity index (χ4n) is 4.45. The molecule has 3 unspecified atom stereocenters. The molecule has 3 N–H and O–H groups in total. The Hall–Kier alpha value is -3.87. The van der Waals surface area contributed by atoms with Crippen LogP contribution in [0.25, 0.3) is 0 Å². The summed E-state index contributed by atoms with van der Waals surface area (Å²) in [6.07, 6.45) is 29.3. The maximum atomic E-state index is 13.0. The van der Waals surface area contributed by atoms with Gasteiger partial charge in [-0.05, 0) is 46.5 Å². The van der Waals surface area contributed by atoms with E-state index < -0.39 is 5.41 Å². The summed E-state index contributed by atoms with van der Waals surface area (Å²) in [5.41, 5.74) is 6.39. The van der Waals surface area contributed by atoms with Gasteiger partial charge < -0.3 is 16.0 Å². The van der Waals surface area contributed by atoms with Crippen molar-refractivity contribution in [3.63, 3.8) is 0 Å². The summed E-state index contributed by atoms with van der Waals surface area (Å²) in [5.74, 6) is -0.632. The minimum atomic E-state index is -0.780. The van der Waals surface area contributed by atoms with Gasteiger partial charge in [0.25, 0.3) is 5.70 Å². The van der Waals surface area contributed by atoms with Gasteiger partial charge in [-0.15, -0.1) is 0 Å². The summed E-state index contributed by atoms with van der Waals surface area (Å²) in [7, 11) is 0. The number of amides is 1. The first-order valence-electron chi connectivity index (χ1n) is 13.1. The van der Waals surface area contributed by atoms with Crippen molar-refractivity contribution in [3.8, 4) is 0 Å². The minimum absolute atomic E-state index is 0.00445.